The molecule has 1 aromatic carbocycles. The van der Waals surface area contributed by atoms with E-state index in [1.165, 1.54) is 9.20 Å². The molecule has 0 aliphatic heterocycles. The van der Waals surface area contributed by atoms with Gasteiger partial charge in [0, 0.05) is 0 Å². The van der Waals surface area contributed by atoms with Crippen LogP contribution in [-0.4, -0.2) is 19.4 Å². The molecule has 0 spiro atoms. The van der Waals surface area contributed by atoms with Crippen molar-refractivity contribution in [2.75, 3.05) is 0 Å². The summed E-state index contributed by atoms with van der Waals surface area (Å²) in [6, 6.07) is 11.4. The number of hydrogen-bond donors (Lipinski definition) is 0. The average molecular weight is 226 g/mol. The third-order valence-corrected chi connectivity index (χ3v) is 2.60. The molecule has 2 heterocycles. The molecule has 3 aromatic rings. The minimum atomic E-state index is -0.131. The second-order valence-electron chi connectivity index (χ2n) is 3.74. The number of hydrogen-bond acceptors (Lipinski definition) is 3. The summed E-state index contributed by atoms with van der Waals surface area (Å²) in [6.45, 7) is 0.474. The molecule has 0 amide bonds. The highest BCUT2D eigenvalue weighted by molar-refractivity contribution is 5.41. The standard InChI is InChI=1S/C12H10N4O/c17-12-11-6-7-13-16(11)9-14-15(12)8-10-4-2-1-3-5-10/h1-7,9H,8H2. The van der Waals surface area contributed by atoms with Crippen LogP contribution in [0.2, 0.25) is 0 Å². The molecule has 84 valence electrons. The summed E-state index contributed by atoms with van der Waals surface area (Å²) in [5.74, 6) is 0. The molecular weight excluding hydrogens is 216 g/mol. The lowest BCUT2D eigenvalue weighted by molar-refractivity contribution is 0.619. The predicted molar refractivity (Wildman–Crippen MR) is 62.8 cm³/mol. The quantitative estimate of drug-likeness (QED) is 0.653. The van der Waals surface area contributed by atoms with Crippen LogP contribution in [0, 0.1) is 0 Å². The van der Waals surface area contributed by atoms with Gasteiger partial charge in [-0.05, 0) is 11.6 Å². The predicted octanol–water partition coefficient (Wildman–Crippen LogP) is 0.939. The zero-order chi connectivity index (χ0) is 11.7. The Balaban J connectivity index is 2.07. The van der Waals surface area contributed by atoms with Gasteiger partial charge in [-0.2, -0.15) is 10.2 Å². The lowest BCUT2D eigenvalue weighted by atomic mass is 10.2. The molecule has 0 aliphatic rings. The van der Waals surface area contributed by atoms with Gasteiger partial charge in [0.15, 0.2) is 0 Å². The molecule has 2 aromatic heterocycles. The first kappa shape index (κ1) is 9.77. The second-order valence-corrected chi connectivity index (χ2v) is 3.74. The van der Waals surface area contributed by atoms with Crippen molar-refractivity contribution in [3.05, 3.63) is 64.8 Å². The largest absolute Gasteiger partial charge is 0.293 e. The third-order valence-electron chi connectivity index (χ3n) is 2.60. The minimum Gasteiger partial charge on any atom is -0.265 e. The number of fused-ring (bicyclic) bond motifs is 1. The van der Waals surface area contributed by atoms with Crippen molar-refractivity contribution in [2.45, 2.75) is 6.54 Å². The van der Waals surface area contributed by atoms with Gasteiger partial charge in [-0.15, -0.1) is 0 Å². The Labute approximate surface area is 96.9 Å². The maximum atomic E-state index is 12.0. The van der Waals surface area contributed by atoms with E-state index in [0.29, 0.717) is 12.1 Å². The maximum absolute atomic E-state index is 12.0. The van der Waals surface area contributed by atoms with Gasteiger partial charge in [0.1, 0.15) is 11.8 Å². The van der Waals surface area contributed by atoms with E-state index in [4.69, 9.17) is 0 Å². The fraction of sp³-hybridized carbons (Fsp3) is 0.0833. The number of rotatable bonds is 2. The van der Waals surface area contributed by atoms with Crippen LogP contribution < -0.4 is 5.56 Å². The Hall–Kier alpha value is -2.43. The SMILES string of the molecule is O=c1c2ccnn2cnn1Cc1ccccc1. The molecule has 0 atom stereocenters. The van der Waals surface area contributed by atoms with Crippen LogP contribution in [0.15, 0.2) is 53.7 Å². The van der Waals surface area contributed by atoms with Crippen molar-refractivity contribution in [1.82, 2.24) is 19.4 Å². The van der Waals surface area contributed by atoms with E-state index in [9.17, 15) is 4.79 Å². The van der Waals surface area contributed by atoms with Crippen LogP contribution in [0.4, 0.5) is 0 Å². The van der Waals surface area contributed by atoms with E-state index in [2.05, 4.69) is 10.2 Å². The monoisotopic (exact) mass is 226 g/mol. The van der Waals surface area contributed by atoms with E-state index < -0.39 is 0 Å². The van der Waals surface area contributed by atoms with Gasteiger partial charge in [0.25, 0.3) is 5.56 Å². The third kappa shape index (κ3) is 1.71. The van der Waals surface area contributed by atoms with Gasteiger partial charge in [-0.3, -0.25) is 4.79 Å². The first-order chi connectivity index (χ1) is 8.34. The lowest BCUT2D eigenvalue weighted by Crippen LogP contribution is -2.25. The molecule has 5 heteroatoms. The average Bonchev–Trinajstić information content (AvgIpc) is 2.83. The van der Waals surface area contributed by atoms with Crippen LogP contribution in [0.25, 0.3) is 5.52 Å². The first-order valence-corrected chi connectivity index (χ1v) is 5.28. The van der Waals surface area contributed by atoms with Crippen LogP contribution in [0.1, 0.15) is 5.56 Å². The Morgan fingerprint density at radius 1 is 1.06 bits per heavy atom. The van der Waals surface area contributed by atoms with E-state index in [0.717, 1.165) is 5.56 Å². The summed E-state index contributed by atoms with van der Waals surface area (Å²) in [5, 5.41) is 8.05. The molecule has 0 saturated carbocycles. The summed E-state index contributed by atoms with van der Waals surface area (Å²) in [6.07, 6.45) is 3.13. The highest BCUT2D eigenvalue weighted by atomic mass is 16.1. The Morgan fingerprint density at radius 3 is 2.71 bits per heavy atom. The van der Waals surface area contributed by atoms with Crippen molar-refractivity contribution < 1.29 is 0 Å². The van der Waals surface area contributed by atoms with Crippen LogP contribution in [-0.2, 0) is 6.54 Å². The molecule has 0 radical (unpaired) electrons. The van der Waals surface area contributed by atoms with Crippen LogP contribution in [0.5, 0.6) is 0 Å². The molecule has 0 N–H and O–H groups in total. The first-order valence-electron chi connectivity index (χ1n) is 5.28. The minimum absolute atomic E-state index is 0.131. The fourth-order valence-electron chi connectivity index (χ4n) is 1.74. The van der Waals surface area contributed by atoms with Gasteiger partial charge < -0.3 is 0 Å². The lowest BCUT2D eigenvalue weighted by Gasteiger charge is -2.04. The van der Waals surface area contributed by atoms with Gasteiger partial charge in [0.2, 0.25) is 0 Å². The van der Waals surface area contributed by atoms with Crippen molar-refractivity contribution in [1.29, 1.82) is 0 Å². The van der Waals surface area contributed by atoms with E-state index in [1.807, 2.05) is 30.3 Å². The van der Waals surface area contributed by atoms with Gasteiger partial charge in [-0.25, -0.2) is 9.20 Å². The fourth-order valence-corrected chi connectivity index (χ4v) is 1.74. The second kappa shape index (κ2) is 3.86. The zero-order valence-corrected chi connectivity index (χ0v) is 9.02. The highest BCUT2D eigenvalue weighted by Crippen LogP contribution is 2.00. The topological polar surface area (TPSA) is 52.2 Å². The summed E-state index contributed by atoms with van der Waals surface area (Å²) < 4.78 is 2.91. The van der Waals surface area contributed by atoms with Crippen molar-refractivity contribution in [3.63, 3.8) is 0 Å². The molecule has 0 unspecified atom stereocenters. The summed E-state index contributed by atoms with van der Waals surface area (Å²) in [4.78, 5) is 12.0. The molecule has 0 saturated heterocycles. The summed E-state index contributed by atoms with van der Waals surface area (Å²) in [7, 11) is 0. The Kier molecular flexibility index (Phi) is 2.22. The van der Waals surface area contributed by atoms with Crippen molar-refractivity contribution >= 4 is 5.52 Å². The van der Waals surface area contributed by atoms with Gasteiger partial charge in [0.05, 0.1) is 12.7 Å². The zero-order valence-electron chi connectivity index (χ0n) is 9.02. The number of benzene rings is 1. The highest BCUT2D eigenvalue weighted by Gasteiger charge is 2.04. The van der Waals surface area contributed by atoms with E-state index >= 15 is 0 Å². The normalized spacial score (nSPS) is 10.8. The van der Waals surface area contributed by atoms with Crippen molar-refractivity contribution in [3.8, 4) is 0 Å². The molecule has 0 aliphatic carbocycles. The number of nitrogens with zero attached hydrogens (tertiary/aromatic N) is 4. The molecule has 17 heavy (non-hydrogen) atoms. The molecule has 0 bridgehead atoms. The smallest absolute Gasteiger partial charge is 0.265 e. The Bertz CT molecular complexity index is 699. The van der Waals surface area contributed by atoms with Crippen LogP contribution in [0.3, 0.4) is 0 Å². The van der Waals surface area contributed by atoms with E-state index in [1.54, 1.807) is 18.6 Å². The van der Waals surface area contributed by atoms with Gasteiger partial charge >= 0.3 is 0 Å². The molecule has 3 rings (SSSR count). The summed E-state index contributed by atoms with van der Waals surface area (Å²) in [5.41, 5.74) is 1.45. The molecule has 5 nitrogen and oxygen atoms in total. The summed E-state index contributed by atoms with van der Waals surface area (Å²) >= 11 is 0. The Morgan fingerprint density at radius 2 is 1.88 bits per heavy atom. The molecular formula is C12H10N4O. The molecule has 0 fully saturated rings. The number of aromatic nitrogens is 4. The maximum Gasteiger partial charge on any atom is 0.293 e. The van der Waals surface area contributed by atoms with Crippen LogP contribution >= 0.6 is 0 Å². The van der Waals surface area contributed by atoms with Crippen molar-refractivity contribution in [2.24, 2.45) is 0 Å². The van der Waals surface area contributed by atoms with Gasteiger partial charge in [-0.1, -0.05) is 30.3 Å². The van der Waals surface area contributed by atoms with E-state index in [-0.39, 0.29) is 5.56 Å².